The molecule has 0 aliphatic carbocycles. The Bertz CT molecular complexity index is 492. The van der Waals surface area contributed by atoms with Crippen molar-refractivity contribution in [3.05, 3.63) is 0 Å². The van der Waals surface area contributed by atoms with E-state index in [9.17, 15) is 21.0 Å². The minimum absolute atomic E-state index is 0.0820. The van der Waals surface area contributed by atoms with E-state index in [0.717, 1.165) is 0 Å². The highest BCUT2D eigenvalue weighted by Gasteiger charge is 2.30. The van der Waals surface area contributed by atoms with Gasteiger partial charge in [0, 0.05) is 0 Å². The second-order valence-electron chi connectivity index (χ2n) is 3.03. The van der Waals surface area contributed by atoms with E-state index in [1.54, 1.807) is 0 Å². The molecule has 3 N–H and O–H groups in total. The van der Waals surface area contributed by atoms with Crippen molar-refractivity contribution in [2.75, 3.05) is 6.61 Å². The van der Waals surface area contributed by atoms with Crippen LogP contribution in [0.25, 0.3) is 0 Å². The van der Waals surface area contributed by atoms with Crippen LogP contribution >= 0.6 is 0 Å². The second-order valence-corrected chi connectivity index (χ2v) is 5.80. The molecule has 0 amide bonds. The molecule has 0 heterocycles. The summed E-state index contributed by atoms with van der Waals surface area (Å²) in [4.78, 5) is 0. The Kier molecular flexibility index (Phi) is 7.48. The standard InChI is InChI=1S/C5H12O11S3/c1-2-4(15-17(6)7)5(16-19(11,12)13)3-14-18(8,9)10/h4-5H,2-3H2,1H3,(H,6,7)(H,8,9,10)(H,11,12,13). The molecule has 0 aliphatic heterocycles. The molecule has 14 heteroatoms. The summed E-state index contributed by atoms with van der Waals surface area (Å²) in [6, 6.07) is 0. The summed E-state index contributed by atoms with van der Waals surface area (Å²) in [5.74, 6) is 0. The first kappa shape index (κ1) is 18.8. The molecule has 11 nitrogen and oxygen atoms in total. The summed E-state index contributed by atoms with van der Waals surface area (Å²) < 4.78 is 89.8. The van der Waals surface area contributed by atoms with Crippen LogP contribution in [-0.2, 0) is 44.7 Å². The molecular weight excluding hydrogens is 332 g/mol. The van der Waals surface area contributed by atoms with Gasteiger partial charge < -0.3 is 0 Å². The first-order valence-electron chi connectivity index (χ1n) is 4.50. The lowest BCUT2D eigenvalue weighted by molar-refractivity contribution is 0.0193. The third-order valence-corrected chi connectivity index (χ3v) is 2.99. The van der Waals surface area contributed by atoms with Gasteiger partial charge >= 0.3 is 32.2 Å². The molecule has 0 rings (SSSR count). The SMILES string of the molecule is CCC(OS(=O)O)C(COS(=O)(=O)O)OS(=O)(=O)O. The van der Waals surface area contributed by atoms with Crippen LogP contribution in [-0.4, -0.2) is 53.5 Å². The monoisotopic (exact) mass is 344 g/mol. The van der Waals surface area contributed by atoms with E-state index in [-0.39, 0.29) is 6.42 Å². The molecular formula is C5H12O11S3. The highest BCUT2D eigenvalue weighted by atomic mass is 32.3. The molecule has 116 valence electrons. The highest BCUT2D eigenvalue weighted by Crippen LogP contribution is 2.13. The molecule has 3 unspecified atom stereocenters. The van der Waals surface area contributed by atoms with Crippen molar-refractivity contribution in [2.45, 2.75) is 25.6 Å². The second kappa shape index (κ2) is 7.55. The van der Waals surface area contributed by atoms with Gasteiger partial charge in [0.25, 0.3) is 0 Å². The summed E-state index contributed by atoms with van der Waals surface area (Å²) in [6.07, 6.45) is -3.24. The molecule has 0 spiro atoms. The van der Waals surface area contributed by atoms with Crippen LogP contribution in [0.1, 0.15) is 13.3 Å². The zero-order valence-corrected chi connectivity index (χ0v) is 11.9. The summed E-state index contributed by atoms with van der Waals surface area (Å²) >= 11 is -2.79. The zero-order valence-electron chi connectivity index (χ0n) is 9.40. The largest absolute Gasteiger partial charge is 0.397 e. The number of hydrogen-bond acceptors (Lipinski definition) is 8. The lowest BCUT2D eigenvalue weighted by Gasteiger charge is -2.22. The Morgan fingerprint density at radius 2 is 1.63 bits per heavy atom. The van der Waals surface area contributed by atoms with Gasteiger partial charge in [0.15, 0.2) is 0 Å². The van der Waals surface area contributed by atoms with Gasteiger partial charge in [0.2, 0.25) is 0 Å². The maximum Gasteiger partial charge on any atom is 0.397 e. The molecule has 0 bridgehead atoms. The number of hydrogen-bond donors (Lipinski definition) is 3. The van der Waals surface area contributed by atoms with Gasteiger partial charge in [-0.3, -0.25) is 17.8 Å². The maximum absolute atomic E-state index is 10.5. The van der Waals surface area contributed by atoms with Gasteiger partial charge in [-0.1, -0.05) is 6.92 Å². The number of rotatable bonds is 9. The van der Waals surface area contributed by atoms with Gasteiger partial charge in [-0.15, -0.1) is 0 Å². The van der Waals surface area contributed by atoms with E-state index in [1.807, 2.05) is 0 Å². The topological polar surface area (TPSA) is 174 Å². The molecule has 0 aromatic carbocycles. The van der Waals surface area contributed by atoms with Gasteiger partial charge in [-0.2, -0.15) is 21.0 Å². The average Bonchev–Trinajstić information content (AvgIpc) is 2.17. The zero-order chi connectivity index (χ0) is 15.3. The smallest absolute Gasteiger partial charge is 0.284 e. The minimum Gasteiger partial charge on any atom is -0.284 e. The molecule has 0 fully saturated rings. The third-order valence-electron chi connectivity index (χ3n) is 1.65. The van der Waals surface area contributed by atoms with Crippen molar-refractivity contribution < 1.29 is 47.3 Å². The fourth-order valence-electron chi connectivity index (χ4n) is 1.00. The molecule has 0 aliphatic rings. The third kappa shape index (κ3) is 10.3. The lowest BCUT2D eigenvalue weighted by atomic mass is 10.2. The van der Waals surface area contributed by atoms with Crippen LogP contribution in [0, 0.1) is 0 Å². The van der Waals surface area contributed by atoms with Gasteiger partial charge in [0.05, 0.1) is 6.61 Å². The van der Waals surface area contributed by atoms with Crippen LogP contribution in [0.5, 0.6) is 0 Å². The van der Waals surface area contributed by atoms with Crippen LogP contribution in [0.3, 0.4) is 0 Å². The first-order valence-corrected chi connectivity index (χ1v) is 8.26. The van der Waals surface area contributed by atoms with Crippen molar-refractivity contribution in [2.24, 2.45) is 0 Å². The summed E-state index contributed by atoms with van der Waals surface area (Å²) in [5, 5.41) is 0. The van der Waals surface area contributed by atoms with Crippen LogP contribution < -0.4 is 0 Å². The van der Waals surface area contributed by atoms with Crippen molar-refractivity contribution in [3.63, 3.8) is 0 Å². The minimum atomic E-state index is -5.00. The molecule has 0 aromatic rings. The predicted octanol–water partition coefficient (Wildman–Crippen LogP) is -1.07. The molecule has 0 saturated carbocycles. The van der Waals surface area contributed by atoms with E-state index in [1.165, 1.54) is 6.92 Å². The Balaban J connectivity index is 4.96. The van der Waals surface area contributed by atoms with Crippen LogP contribution in [0.4, 0.5) is 0 Å². The van der Waals surface area contributed by atoms with E-state index in [0.29, 0.717) is 0 Å². The van der Waals surface area contributed by atoms with Crippen molar-refractivity contribution in [3.8, 4) is 0 Å². The van der Waals surface area contributed by atoms with Crippen LogP contribution in [0.2, 0.25) is 0 Å². The van der Waals surface area contributed by atoms with E-state index in [2.05, 4.69) is 12.5 Å². The van der Waals surface area contributed by atoms with Gasteiger partial charge in [-0.25, -0.2) is 8.37 Å². The van der Waals surface area contributed by atoms with Gasteiger partial charge in [0.1, 0.15) is 12.2 Å². The Hall–Kier alpha value is -0.190. The molecule has 0 aromatic heterocycles. The van der Waals surface area contributed by atoms with Gasteiger partial charge in [-0.05, 0) is 6.42 Å². The summed E-state index contributed by atoms with van der Waals surface area (Å²) in [5.41, 5.74) is 0. The van der Waals surface area contributed by atoms with Crippen molar-refractivity contribution in [1.82, 2.24) is 0 Å². The van der Waals surface area contributed by atoms with E-state index in [4.69, 9.17) is 13.7 Å². The Morgan fingerprint density at radius 1 is 1.11 bits per heavy atom. The van der Waals surface area contributed by atoms with Crippen molar-refractivity contribution >= 4 is 32.2 Å². The predicted molar refractivity (Wildman–Crippen MR) is 59.9 cm³/mol. The summed E-state index contributed by atoms with van der Waals surface area (Å²) in [7, 11) is -9.89. The van der Waals surface area contributed by atoms with Crippen LogP contribution in [0.15, 0.2) is 0 Å². The summed E-state index contributed by atoms with van der Waals surface area (Å²) in [6.45, 7) is 0.333. The Morgan fingerprint density at radius 3 is 1.95 bits per heavy atom. The quantitative estimate of drug-likeness (QED) is 0.343. The van der Waals surface area contributed by atoms with Crippen molar-refractivity contribution in [1.29, 1.82) is 0 Å². The normalized spacial score (nSPS) is 17.9. The first-order chi connectivity index (χ1) is 8.44. The molecule has 19 heavy (non-hydrogen) atoms. The maximum atomic E-state index is 10.5. The molecule has 0 radical (unpaired) electrons. The molecule has 0 saturated heterocycles. The lowest BCUT2D eigenvalue weighted by Crippen LogP contribution is -2.38. The van der Waals surface area contributed by atoms with E-state index < -0.39 is 51.0 Å². The molecule has 3 atom stereocenters. The highest BCUT2D eigenvalue weighted by molar-refractivity contribution is 7.81. The fourth-order valence-corrected chi connectivity index (χ4v) is 2.27. The average molecular weight is 344 g/mol. The Labute approximate surface area is 112 Å². The fraction of sp³-hybridized carbons (Fsp3) is 1.00. The van der Waals surface area contributed by atoms with E-state index >= 15 is 0 Å².